The van der Waals surface area contributed by atoms with E-state index in [9.17, 15) is 0 Å². The van der Waals surface area contributed by atoms with Gasteiger partial charge in [-0.15, -0.1) is 34.0 Å². The monoisotopic (exact) mass is 1140 g/mol. The predicted octanol–water partition coefficient (Wildman–Crippen LogP) is 20.6. The molecule has 6 heteroatoms. The molecule has 0 amide bonds. The second-order valence-corrected chi connectivity index (χ2v) is 25.6. The molecule has 3 nitrogen and oxygen atoms in total. The molecule has 0 aliphatic carbocycles. The highest BCUT2D eigenvalue weighted by molar-refractivity contribution is 7.27. The minimum absolute atomic E-state index is 0.380. The number of hydrogen-bond donors (Lipinski definition) is 0. The van der Waals surface area contributed by atoms with E-state index < -0.39 is 13.7 Å². The molecule has 0 spiro atoms. The number of rotatable bonds is 4. The number of aryl methyl sites for hydroxylation is 9. The molecule has 0 aliphatic rings. The summed E-state index contributed by atoms with van der Waals surface area (Å²) < 4.78 is 60.5. The molecular formula is C78H64N3S3+3. The molecule has 84 heavy (non-hydrogen) atoms. The Morgan fingerprint density at radius 2 is 0.667 bits per heavy atom. The van der Waals surface area contributed by atoms with E-state index in [4.69, 9.17) is 8.22 Å². The molecule has 0 saturated carbocycles. The smallest absolute Gasteiger partial charge is 0.200 e. The number of benzene rings is 10. The van der Waals surface area contributed by atoms with Crippen LogP contribution in [0.15, 0.2) is 225 Å². The molecule has 10 aromatic carbocycles. The first-order chi connectivity index (χ1) is 43.2. The third-order valence-electron chi connectivity index (χ3n) is 16.7. The Balaban J connectivity index is 0.000000119. The van der Waals surface area contributed by atoms with Gasteiger partial charge in [0.25, 0.3) is 0 Å². The third-order valence-corrected chi connectivity index (χ3v) is 20.3. The van der Waals surface area contributed by atoms with Gasteiger partial charge in [0.2, 0.25) is 17.1 Å². The molecule has 0 atom stereocenters. The van der Waals surface area contributed by atoms with Gasteiger partial charge < -0.3 is 0 Å². The van der Waals surface area contributed by atoms with Crippen LogP contribution in [-0.2, 0) is 21.1 Å². The summed E-state index contributed by atoms with van der Waals surface area (Å²) in [4.78, 5) is 0. The largest absolute Gasteiger partial charge is 0.213 e. The van der Waals surface area contributed by atoms with Crippen molar-refractivity contribution in [2.45, 2.75) is 41.4 Å². The third kappa shape index (κ3) is 9.49. The number of hydrogen-bond acceptors (Lipinski definition) is 3. The van der Waals surface area contributed by atoms with E-state index in [-0.39, 0.29) is 0 Å². The molecular weight excluding hydrogens is 1080 g/mol. The lowest BCUT2D eigenvalue weighted by Crippen LogP contribution is -2.30. The average molecular weight is 1150 g/mol. The zero-order valence-corrected chi connectivity index (χ0v) is 50.4. The average Bonchev–Trinajstić information content (AvgIpc) is 1.62. The van der Waals surface area contributed by atoms with Crippen molar-refractivity contribution >= 4 is 127 Å². The summed E-state index contributed by atoms with van der Waals surface area (Å²) in [5.74, 6) is 0. The van der Waals surface area contributed by atoms with Gasteiger partial charge in [0.05, 0.1) is 16.2 Å². The minimum atomic E-state index is -2.09. The first-order valence-electron chi connectivity index (χ1n) is 31.4. The fourth-order valence-corrected chi connectivity index (χ4v) is 16.2. The Hall–Kier alpha value is -8.91. The van der Waals surface area contributed by atoms with Crippen LogP contribution in [0, 0.1) is 41.4 Å². The summed E-state index contributed by atoms with van der Waals surface area (Å²) in [6, 6.07) is 72.2. The van der Waals surface area contributed by atoms with Crippen LogP contribution in [-0.4, -0.2) is 0 Å². The number of pyridine rings is 3. The van der Waals surface area contributed by atoms with Crippen molar-refractivity contribution in [3.8, 4) is 44.9 Å². The number of aromatic nitrogens is 3. The number of nitrogens with zero attached hydrogens (tertiary/aromatic N) is 3. The van der Waals surface area contributed by atoms with Gasteiger partial charge in [-0.2, -0.15) is 0 Å². The quantitative estimate of drug-likeness (QED) is 0.156. The second kappa shape index (κ2) is 21.4. The van der Waals surface area contributed by atoms with Crippen molar-refractivity contribution in [3.05, 3.63) is 258 Å². The Morgan fingerprint density at radius 3 is 1.10 bits per heavy atom. The minimum Gasteiger partial charge on any atom is -0.200 e. The fraction of sp³-hybridized carbons (Fsp3) is 0.115. The van der Waals surface area contributed by atoms with Crippen LogP contribution in [0.5, 0.6) is 0 Å². The zero-order chi connectivity index (χ0) is 62.5. The molecule has 406 valence electrons. The van der Waals surface area contributed by atoms with Crippen molar-refractivity contribution in [3.63, 3.8) is 0 Å². The van der Waals surface area contributed by atoms with Gasteiger partial charge in [0.1, 0.15) is 21.1 Å². The summed E-state index contributed by atoms with van der Waals surface area (Å²) in [7, 11) is 6.26. The van der Waals surface area contributed by atoms with Crippen molar-refractivity contribution < 1.29 is 21.9 Å². The molecule has 6 aromatic heterocycles. The lowest BCUT2D eigenvalue weighted by atomic mass is 9.99. The Morgan fingerprint density at radius 1 is 0.298 bits per heavy atom. The maximum absolute atomic E-state index is 7.71. The van der Waals surface area contributed by atoms with Crippen LogP contribution >= 0.6 is 34.0 Å². The molecule has 0 aliphatic heterocycles. The van der Waals surface area contributed by atoms with E-state index >= 15 is 0 Å². The predicted molar refractivity (Wildman–Crippen MR) is 364 cm³/mol. The molecule has 16 rings (SSSR count). The first-order valence-corrected chi connectivity index (χ1v) is 30.8. The SMILES string of the molecule is Cc1ccc(-c2cc3sc4c5ccccc5ccc4c3c[n+]2C)c(C)c1.[2H]C([2H])([2H])c1ccc(-c2cc3sc4c5ccc(-c6ccccc6)cc5ccc4c3c[n+]2C)c(C)c1.[2H]C([2H])([2H])c1ccc(-c2cc3sc4c5ccccc5ccc4c3c[n+]2C)c(C)c1. The standard InChI is InChI=1S/C30H24NS.2C24H20NS/c1-19-9-12-24(20(2)15-19)28-17-29-27(18-31(28)3)26-14-11-23-16-22(21-7-5-4-6-8-21)10-13-25(23)30(26)32-29;2*1-15-8-10-18(16(2)12-15)22-13-23-21(14-25(22)3)20-11-9-17-6-4-5-7-19(17)24(20)26-23/h4-18H,1-3H3;2*4-14H,1-3H3/q3*+1/i2*1D3;. The maximum atomic E-state index is 7.71. The summed E-state index contributed by atoms with van der Waals surface area (Å²) in [5.41, 5.74) is 14.6. The number of thiophene rings is 3. The number of fused-ring (bicyclic) bond motifs is 15. The van der Waals surface area contributed by atoms with Crippen LogP contribution in [0.4, 0.5) is 0 Å². The van der Waals surface area contributed by atoms with Gasteiger partial charge in [0.15, 0.2) is 18.6 Å². The van der Waals surface area contributed by atoms with Gasteiger partial charge in [0, 0.05) is 87.5 Å². The van der Waals surface area contributed by atoms with E-state index in [0.717, 1.165) is 33.6 Å². The molecule has 0 unspecified atom stereocenters. The van der Waals surface area contributed by atoms with Crippen LogP contribution < -0.4 is 13.7 Å². The highest BCUT2D eigenvalue weighted by Crippen LogP contribution is 2.43. The fourth-order valence-electron chi connectivity index (χ4n) is 12.5. The van der Waals surface area contributed by atoms with Gasteiger partial charge in [-0.1, -0.05) is 180 Å². The van der Waals surface area contributed by atoms with Gasteiger partial charge in [-0.05, 0) is 126 Å². The highest BCUT2D eigenvalue weighted by atomic mass is 32.1. The second-order valence-electron chi connectivity index (χ2n) is 22.4. The van der Waals surface area contributed by atoms with E-state index in [2.05, 4.69) is 231 Å². The first kappa shape index (κ1) is 46.6. The van der Waals surface area contributed by atoms with E-state index in [1.54, 1.807) is 24.3 Å². The van der Waals surface area contributed by atoms with Gasteiger partial charge >= 0.3 is 0 Å². The van der Waals surface area contributed by atoms with Crippen molar-refractivity contribution in [2.75, 3.05) is 0 Å². The summed E-state index contributed by atoms with van der Waals surface area (Å²) in [6.07, 6.45) is 6.68. The molecule has 0 bridgehead atoms. The van der Waals surface area contributed by atoms with Crippen molar-refractivity contribution in [1.82, 2.24) is 0 Å². The van der Waals surface area contributed by atoms with Crippen LogP contribution in [0.25, 0.3) is 138 Å². The van der Waals surface area contributed by atoms with Gasteiger partial charge in [-0.25, -0.2) is 13.7 Å². The van der Waals surface area contributed by atoms with E-state index in [1.807, 2.05) is 66.1 Å². The van der Waals surface area contributed by atoms with E-state index in [0.29, 0.717) is 11.1 Å². The Kier molecular flexibility index (Phi) is 11.8. The molecule has 6 heterocycles. The van der Waals surface area contributed by atoms with Gasteiger partial charge in [-0.3, -0.25) is 0 Å². The normalized spacial score (nSPS) is 13.0. The summed E-state index contributed by atoms with van der Waals surface area (Å²) in [5, 5.41) is 15.4. The van der Waals surface area contributed by atoms with E-state index in [1.165, 1.54) is 126 Å². The summed E-state index contributed by atoms with van der Waals surface area (Å²) in [6.45, 7) is 4.14. The van der Waals surface area contributed by atoms with Crippen molar-refractivity contribution in [1.29, 1.82) is 0 Å². The zero-order valence-electron chi connectivity index (χ0n) is 53.9. The topological polar surface area (TPSA) is 11.6 Å². The lowest BCUT2D eigenvalue weighted by molar-refractivity contribution is -0.659. The molecule has 0 fully saturated rings. The molecule has 16 aromatic rings. The Bertz CT molecular complexity index is 5560. The molecule has 0 N–H and O–H groups in total. The van der Waals surface area contributed by atoms with Crippen LogP contribution in [0.2, 0.25) is 0 Å². The molecule has 0 radical (unpaired) electrons. The Labute approximate surface area is 511 Å². The maximum Gasteiger partial charge on any atom is 0.213 e. The summed E-state index contributed by atoms with van der Waals surface area (Å²) >= 11 is 5.54. The van der Waals surface area contributed by atoms with Crippen LogP contribution in [0.3, 0.4) is 0 Å². The molecule has 0 saturated heterocycles. The van der Waals surface area contributed by atoms with Crippen molar-refractivity contribution in [2.24, 2.45) is 21.1 Å². The van der Waals surface area contributed by atoms with Crippen LogP contribution in [0.1, 0.15) is 41.6 Å². The highest BCUT2D eigenvalue weighted by Gasteiger charge is 2.22. The lowest BCUT2D eigenvalue weighted by Gasteiger charge is -2.06.